The van der Waals surface area contributed by atoms with E-state index in [0.29, 0.717) is 18.5 Å². The molecular formula is C35H47N3O4. The SMILES string of the molecule is CCC(C)C(NC(=O)OC(C)(C)C)C(=O)N(C(C)CC)C(C(=O)Nc1ccc2ccccc2c1)c1cccc(C)c1C. The first kappa shape index (κ1) is 32.6. The molecule has 0 fully saturated rings. The number of fused-ring (bicyclic) bond motifs is 1. The van der Waals surface area contributed by atoms with Crippen LogP contribution in [0.1, 0.15) is 84.0 Å². The van der Waals surface area contributed by atoms with Crippen LogP contribution in [0.3, 0.4) is 0 Å². The predicted molar refractivity (Wildman–Crippen MR) is 170 cm³/mol. The molecule has 2 N–H and O–H groups in total. The Labute approximate surface area is 251 Å². The summed E-state index contributed by atoms with van der Waals surface area (Å²) in [4.78, 5) is 43.4. The van der Waals surface area contributed by atoms with Crippen LogP contribution in [0.5, 0.6) is 0 Å². The van der Waals surface area contributed by atoms with Gasteiger partial charge in [0.25, 0.3) is 5.91 Å². The molecule has 0 aliphatic carbocycles. The number of rotatable bonds is 10. The lowest BCUT2D eigenvalue weighted by molar-refractivity contribution is -0.144. The van der Waals surface area contributed by atoms with Crippen molar-refractivity contribution in [1.29, 1.82) is 0 Å². The van der Waals surface area contributed by atoms with Crippen molar-refractivity contribution < 1.29 is 19.1 Å². The van der Waals surface area contributed by atoms with E-state index in [0.717, 1.165) is 27.5 Å². The molecule has 0 radical (unpaired) electrons. The molecule has 0 aliphatic rings. The maximum Gasteiger partial charge on any atom is 0.408 e. The summed E-state index contributed by atoms with van der Waals surface area (Å²) >= 11 is 0. The fourth-order valence-electron chi connectivity index (χ4n) is 5.04. The summed E-state index contributed by atoms with van der Waals surface area (Å²) in [7, 11) is 0. The van der Waals surface area contributed by atoms with E-state index >= 15 is 0 Å². The molecule has 3 aromatic rings. The van der Waals surface area contributed by atoms with Crippen molar-refractivity contribution in [2.24, 2.45) is 5.92 Å². The maximum atomic E-state index is 14.6. The number of amides is 3. The van der Waals surface area contributed by atoms with Gasteiger partial charge < -0.3 is 20.3 Å². The highest BCUT2D eigenvalue weighted by Crippen LogP contribution is 2.32. The quantitative estimate of drug-likeness (QED) is 0.260. The fourth-order valence-corrected chi connectivity index (χ4v) is 5.04. The Hall–Kier alpha value is -3.87. The third-order valence-electron chi connectivity index (χ3n) is 7.96. The molecule has 226 valence electrons. The number of carbonyl (C=O) groups is 3. The van der Waals surface area contributed by atoms with Gasteiger partial charge in [-0.25, -0.2) is 4.79 Å². The molecule has 4 atom stereocenters. The Kier molecular flexibility index (Phi) is 10.8. The topological polar surface area (TPSA) is 87.7 Å². The van der Waals surface area contributed by atoms with Gasteiger partial charge in [0.05, 0.1) is 0 Å². The Balaban J connectivity index is 2.11. The molecule has 0 saturated heterocycles. The third kappa shape index (κ3) is 7.90. The van der Waals surface area contributed by atoms with Gasteiger partial charge in [0.2, 0.25) is 5.91 Å². The van der Waals surface area contributed by atoms with Gasteiger partial charge in [0.1, 0.15) is 17.7 Å². The zero-order valence-corrected chi connectivity index (χ0v) is 26.6. The van der Waals surface area contributed by atoms with Crippen molar-refractivity contribution in [3.63, 3.8) is 0 Å². The first-order chi connectivity index (χ1) is 19.8. The van der Waals surface area contributed by atoms with Crippen molar-refractivity contribution >= 4 is 34.4 Å². The molecule has 0 heterocycles. The Morgan fingerprint density at radius 3 is 2.17 bits per heavy atom. The van der Waals surface area contributed by atoms with E-state index in [1.807, 2.05) is 102 Å². The average molecular weight is 574 g/mol. The van der Waals surface area contributed by atoms with Crippen LogP contribution < -0.4 is 10.6 Å². The normalized spacial score (nSPS) is 14.4. The Bertz CT molecular complexity index is 1410. The summed E-state index contributed by atoms with van der Waals surface area (Å²) in [6, 6.07) is 17.5. The van der Waals surface area contributed by atoms with Gasteiger partial charge in [-0.3, -0.25) is 9.59 Å². The second kappa shape index (κ2) is 13.9. The lowest BCUT2D eigenvalue weighted by Gasteiger charge is -2.40. The molecule has 0 aliphatic heterocycles. The highest BCUT2D eigenvalue weighted by molar-refractivity contribution is 6.00. The summed E-state index contributed by atoms with van der Waals surface area (Å²) in [5, 5.41) is 8.02. The lowest BCUT2D eigenvalue weighted by Crippen LogP contribution is -2.57. The van der Waals surface area contributed by atoms with Crippen LogP contribution in [0.4, 0.5) is 10.5 Å². The Morgan fingerprint density at radius 1 is 0.881 bits per heavy atom. The number of ether oxygens (including phenoxy) is 1. The van der Waals surface area contributed by atoms with Crippen LogP contribution in [-0.4, -0.2) is 40.5 Å². The molecule has 7 nitrogen and oxygen atoms in total. The number of nitrogens with one attached hydrogen (secondary N) is 2. The lowest BCUT2D eigenvalue weighted by atomic mass is 9.91. The molecular weight excluding hydrogens is 526 g/mol. The number of anilines is 1. The van der Waals surface area contributed by atoms with Gasteiger partial charge in [-0.05, 0) is 93.5 Å². The van der Waals surface area contributed by atoms with Gasteiger partial charge in [-0.1, -0.05) is 75.7 Å². The van der Waals surface area contributed by atoms with E-state index in [-0.39, 0.29) is 23.8 Å². The van der Waals surface area contributed by atoms with Crippen molar-refractivity contribution in [2.45, 2.75) is 98.9 Å². The minimum absolute atomic E-state index is 0.195. The summed E-state index contributed by atoms with van der Waals surface area (Å²) < 4.78 is 5.52. The molecule has 7 heteroatoms. The standard InChI is InChI=1S/C35H47N3O4/c1-10-22(3)30(37-34(41)42-35(7,8)9)33(40)38(24(5)11-2)31(29-18-14-15-23(4)25(29)6)32(39)36-28-20-19-26-16-12-13-17-27(26)21-28/h12-22,24,30-31H,10-11H2,1-9H3,(H,36,39)(H,37,41). The number of nitrogens with zero attached hydrogens (tertiary/aromatic N) is 1. The number of carbonyl (C=O) groups excluding carboxylic acids is 3. The van der Waals surface area contributed by atoms with Crippen molar-refractivity contribution in [2.75, 3.05) is 5.32 Å². The zero-order chi connectivity index (χ0) is 31.2. The van der Waals surface area contributed by atoms with E-state index in [2.05, 4.69) is 10.6 Å². The van der Waals surface area contributed by atoms with E-state index in [9.17, 15) is 14.4 Å². The highest BCUT2D eigenvalue weighted by atomic mass is 16.6. The van der Waals surface area contributed by atoms with Crippen LogP contribution >= 0.6 is 0 Å². The van der Waals surface area contributed by atoms with E-state index in [1.54, 1.807) is 25.7 Å². The van der Waals surface area contributed by atoms with E-state index < -0.39 is 23.8 Å². The second-order valence-corrected chi connectivity index (χ2v) is 12.3. The number of hydrogen-bond acceptors (Lipinski definition) is 4. The molecule has 0 saturated carbocycles. The number of aryl methyl sites for hydroxylation is 1. The van der Waals surface area contributed by atoms with Gasteiger partial charge in [0, 0.05) is 11.7 Å². The molecule has 3 rings (SSSR count). The van der Waals surface area contributed by atoms with Crippen LogP contribution in [-0.2, 0) is 14.3 Å². The molecule has 4 unspecified atom stereocenters. The first-order valence-corrected chi connectivity index (χ1v) is 14.9. The highest BCUT2D eigenvalue weighted by Gasteiger charge is 2.40. The number of hydrogen-bond donors (Lipinski definition) is 2. The Morgan fingerprint density at radius 2 is 1.55 bits per heavy atom. The number of alkyl carbamates (subject to hydrolysis) is 1. The summed E-state index contributed by atoms with van der Waals surface area (Å²) in [5.74, 6) is -0.823. The molecule has 3 aromatic carbocycles. The zero-order valence-electron chi connectivity index (χ0n) is 26.6. The monoisotopic (exact) mass is 573 g/mol. The molecule has 42 heavy (non-hydrogen) atoms. The summed E-state index contributed by atoms with van der Waals surface area (Å²) in [6.45, 7) is 17.2. The van der Waals surface area contributed by atoms with E-state index in [4.69, 9.17) is 4.74 Å². The summed E-state index contributed by atoms with van der Waals surface area (Å²) in [5.41, 5.74) is 2.65. The maximum absolute atomic E-state index is 14.6. The van der Waals surface area contributed by atoms with Gasteiger partial charge in [-0.2, -0.15) is 0 Å². The predicted octanol–water partition coefficient (Wildman–Crippen LogP) is 7.70. The van der Waals surface area contributed by atoms with Crippen LogP contribution in [0, 0.1) is 19.8 Å². The van der Waals surface area contributed by atoms with Crippen molar-refractivity contribution in [3.05, 3.63) is 77.4 Å². The molecule has 0 aromatic heterocycles. The van der Waals surface area contributed by atoms with E-state index in [1.165, 1.54) is 0 Å². The molecule has 0 bridgehead atoms. The minimum Gasteiger partial charge on any atom is -0.444 e. The van der Waals surface area contributed by atoms with Gasteiger partial charge >= 0.3 is 6.09 Å². The summed E-state index contributed by atoms with van der Waals surface area (Å²) in [6.07, 6.45) is 0.614. The average Bonchev–Trinajstić information content (AvgIpc) is 2.94. The minimum atomic E-state index is -0.925. The van der Waals surface area contributed by atoms with Crippen LogP contribution in [0.2, 0.25) is 0 Å². The van der Waals surface area contributed by atoms with Gasteiger partial charge in [0.15, 0.2) is 0 Å². The molecule has 3 amide bonds. The van der Waals surface area contributed by atoms with Crippen LogP contribution in [0.15, 0.2) is 60.7 Å². The largest absolute Gasteiger partial charge is 0.444 e. The van der Waals surface area contributed by atoms with Crippen molar-refractivity contribution in [3.8, 4) is 0 Å². The van der Waals surface area contributed by atoms with Crippen LogP contribution in [0.25, 0.3) is 10.8 Å². The number of benzene rings is 3. The third-order valence-corrected chi connectivity index (χ3v) is 7.96. The van der Waals surface area contributed by atoms with Crippen molar-refractivity contribution in [1.82, 2.24) is 10.2 Å². The smallest absolute Gasteiger partial charge is 0.408 e. The molecule has 0 spiro atoms. The van der Waals surface area contributed by atoms with Gasteiger partial charge in [-0.15, -0.1) is 0 Å². The second-order valence-electron chi connectivity index (χ2n) is 12.3. The fraction of sp³-hybridized carbons (Fsp3) is 0.457. The first-order valence-electron chi connectivity index (χ1n) is 14.9.